The molecule has 0 aliphatic heterocycles. The lowest BCUT2D eigenvalue weighted by molar-refractivity contribution is -0.122. The quantitative estimate of drug-likeness (QED) is 0.877. The third-order valence-corrected chi connectivity index (χ3v) is 4.90. The van der Waals surface area contributed by atoms with E-state index in [0.29, 0.717) is 21.3 Å². The average molecular weight is 349 g/mol. The number of carbonyl (C=O) groups excluding carboxylic acids is 1. The van der Waals surface area contributed by atoms with Crippen molar-refractivity contribution in [2.45, 2.75) is 33.8 Å². The first-order chi connectivity index (χ1) is 10.8. The highest BCUT2D eigenvalue weighted by molar-refractivity contribution is 7.16. The van der Waals surface area contributed by atoms with Gasteiger partial charge in [-0.2, -0.15) is 5.26 Å². The number of nitriles is 1. The van der Waals surface area contributed by atoms with E-state index in [1.807, 2.05) is 20.8 Å². The number of anilines is 1. The van der Waals surface area contributed by atoms with Crippen LogP contribution in [-0.4, -0.2) is 12.0 Å². The van der Waals surface area contributed by atoms with Gasteiger partial charge in [0.1, 0.15) is 16.8 Å². The molecule has 1 amide bonds. The van der Waals surface area contributed by atoms with Crippen LogP contribution in [0.5, 0.6) is 5.75 Å². The molecule has 0 saturated heterocycles. The summed E-state index contributed by atoms with van der Waals surface area (Å²) in [5.41, 5.74) is 2.27. The first kappa shape index (κ1) is 17.3. The van der Waals surface area contributed by atoms with E-state index in [1.54, 1.807) is 25.1 Å². The van der Waals surface area contributed by atoms with Crippen LogP contribution in [-0.2, 0) is 4.79 Å². The SMILES string of the molecule is Cc1cc(Cl)ccc1OC(C)C(=O)Nc1sc(C)c(C)c1C#N. The van der Waals surface area contributed by atoms with Gasteiger partial charge in [0.05, 0.1) is 5.56 Å². The molecule has 1 atom stereocenters. The number of amides is 1. The Balaban J connectivity index is 2.12. The van der Waals surface area contributed by atoms with Gasteiger partial charge in [-0.15, -0.1) is 11.3 Å². The third-order valence-electron chi connectivity index (χ3n) is 3.54. The van der Waals surface area contributed by atoms with Crippen LogP contribution in [0.3, 0.4) is 0 Å². The van der Waals surface area contributed by atoms with E-state index in [0.717, 1.165) is 16.0 Å². The topological polar surface area (TPSA) is 62.1 Å². The number of hydrogen-bond acceptors (Lipinski definition) is 4. The van der Waals surface area contributed by atoms with E-state index in [-0.39, 0.29) is 5.91 Å². The van der Waals surface area contributed by atoms with Gasteiger partial charge in [-0.05, 0) is 57.0 Å². The first-order valence-electron chi connectivity index (χ1n) is 7.07. The second-order valence-corrected chi connectivity index (χ2v) is 6.92. The molecule has 0 aliphatic rings. The molecular weight excluding hydrogens is 332 g/mol. The molecule has 6 heteroatoms. The van der Waals surface area contributed by atoms with Gasteiger partial charge >= 0.3 is 0 Å². The average Bonchev–Trinajstić information content (AvgIpc) is 2.76. The van der Waals surface area contributed by atoms with Gasteiger partial charge in [0.2, 0.25) is 0 Å². The summed E-state index contributed by atoms with van der Waals surface area (Å²) in [4.78, 5) is 13.3. The molecule has 0 spiro atoms. The monoisotopic (exact) mass is 348 g/mol. The molecule has 2 aromatic rings. The standard InChI is InChI=1S/C17H17ClN2O2S/c1-9-7-13(18)5-6-15(9)22-11(3)16(21)20-17-14(8-19)10(2)12(4)23-17/h5-7,11H,1-4H3,(H,20,21). The summed E-state index contributed by atoms with van der Waals surface area (Å²) in [6.07, 6.45) is -0.691. The largest absolute Gasteiger partial charge is 0.481 e. The summed E-state index contributed by atoms with van der Waals surface area (Å²) in [6, 6.07) is 7.37. The van der Waals surface area contributed by atoms with Crippen LogP contribution in [0.25, 0.3) is 0 Å². The Morgan fingerprint density at radius 3 is 2.70 bits per heavy atom. The predicted molar refractivity (Wildman–Crippen MR) is 93.4 cm³/mol. The molecule has 120 valence electrons. The van der Waals surface area contributed by atoms with E-state index in [2.05, 4.69) is 11.4 Å². The van der Waals surface area contributed by atoms with Gasteiger partial charge in [-0.25, -0.2) is 0 Å². The fourth-order valence-corrected chi connectivity index (χ4v) is 3.29. The zero-order valence-electron chi connectivity index (χ0n) is 13.4. The number of nitrogens with one attached hydrogen (secondary N) is 1. The molecule has 0 bridgehead atoms. The second-order valence-electron chi connectivity index (χ2n) is 5.26. The Kier molecular flexibility index (Phi) is 5.30. The number of rotatable bonds is 4. The highest BCUT2D eigenvalue weighted by Gasteiger charge is 2.20. The molecule has 23 heavy (non-hydrogen) atoms. The normalized spacial score (nSPS) is 11.7. The molecule has 1 unspecified atom stereocenters. The van der Waals surface area contributed by atoms with Gasteiger partial charge in [0.25, 0.3) is 5.91 Å². The van der Waals surface area contributed by atoms with Gasteiger partial charge in [-0.3, -0.25) is 4.79 Å². The summed E-state index contributed by atoms with van der Waals surface area (Å²) in [6.45, 7) is 7.33. The molecule has 1 N–H and O–H groups in total. The molecule has 0 radical (unpaired) electrons. The lowest BCUT2D eigenvalue weighted by atomic mass is 10.2. The van der Waals surface area contributed by atoms with Crippen LogP contribution in [0.2, 0.25) is 5.02 Å². The Morgan fingerprint density at radius 2 is 2.09 bits per heavy atom. The van der Waals surface area contributed by atoms with Crippen LogP contribution in [0.1, 0.15) is 28.5 Å². The number of nitrogens with zero attached hydrogens (tertiary/aromatic N) is 1. The van der Waals surface area contributed by atoms with Crippen molar-refractivity contribution in [2.24, 2.45) is 0 Å². The highest BCUT2D eigenvalue weighted by atomic mass is 35.5. The van der Waals surface area contributed by atoms with Gasteiger partial charge in [0.15, 0.2) is 6.10 Å². The lowest BCUT2D eigenvalue weighted by Gasteiger charge is -2.16. The predicted octanol–water partition coefficient (Wildman–Crippen LogP) is 4.60. The van der Waals surface area contributed by atoms with Crippen molar-refractivity contribution < 1.29 is 9.53 Å². The van der Waals surface area contributed by atoms with Crippen LogP contribution in [0.15, 0.2) is 18.2 Å². The van der Waals surface area contributed by atoms with Crippen molar-refractivity contribution in [1.29, 1.82) is 5.26 Å². The maximum Gasteiger partial charge on any atom is 0.265 e. The van der Waals surface area contributed by atoms with Crippen molar-refractivity contribution in [3.8, 4) is 11.8 Å². The van der Waals surface area contributed by atoms with Crippen LogP contribution < -0.4 is 10.1 Å². The molecule has 4 nitrogen and oxygen atoms in total. The molecule has 0 aliphatic carbocycles. The number of aryl methyl sites for hydroxylation is 2. The smallest absolute Gasteiger partial charge is 0.265 e. The van der Waals surface area contributed by atoms with Crippen molar-refractivity contribution in [2.75, 3.05) is 5.32 Å². The van der Waals surface area contributed by atoms with E-state index in [9.17, 15) is 10.1 Å². The molecule has 0 fully saturated rings. The molecule has 1 aromatic carbocycles. The molecular formula is C17H17ClN2O2S. The lowest BCUT2D eigenvalue weighted by Crippen LogP contribution is -2.30. The number of hydrogen-bond donors (Lipinski definition) is 1. The van der Waals surface area contributed by atoms with Gasteiger partial charge in [0, 0.05) is 9.90 Å². The summed E-state index contributed by atoms with van der Waals surface area (Å²) in [5.74, 6) is 0.313. The number of halogens is 1. The zero-order chi connectivity index (χ0) is 17.1. The van der Waals surface area contributed by atoms with E-state index >= 15 is 0 Å². The zero-order valence-corrected chi connectivity index (χ0v) is 14.9. The van der Waals surface area contributed by atoms with E-state index in [1.165, 1.54) is 11.3 Å². The highest BCUT2D eigenvalue weighted by Crippen LogP contribution is 2.32. The Labute approximate surface area is 144 Å². The minimum atomic E-state index is -0.691. The number of thiophene rings is 1. The maximum atomic E-state index is 12.3. The minimum Gasteiger partial charge on any atom is -0.481 e. The molecule has 0 saturated carbocycles. The summed E-state index contributed by atoms with van der Waals surface area (Å²) >= 11 is 7.31. The summed E-state index contributed by atoms with van der Waals surface area (Å²) in [5, 5.41) is 13.2. The van der Waals surface area contributed by atoms with Crippen molar-refractivity contribution in [1.82, 2.24) is 0 Å². The number of benzene rings is 1. The molecule has 2 rings (SSSR count). The Morgan fingerprint density at radius 1 is 1.39 bits per heavy atom. The molecule has 1 heterocycles. The number of ether oxygens (including phenoxy) is 1. The summed E-state index contributed by atoms with van der Waals surface area (Å²) < 4.78 is 5.70. The van der Waals surface area contributed by atoms with E-state index < -0.39 is 6.10 Å². The first-order valence-corrected chi connectivity index (χ1v) is 8.26. The Hall–Kier alpha value is -2.03. The van der Waals surface area contributed by atoms with Crippen LogP contribution >= 0.6 is 22.9 Å². The minimum absolute atomic E-state index is 0.294. The Bertz CT molecular complexity index is 793. The molecule has 1 aromatic heterocycles. The van der Waals surface area contributed by atoms with Gasteiger partial charge in [-0.1, -0.05) is 11.6 Å². The van der Waals surface area contributed by atoms with Crippen molar-refractivity contribution >= 4 is 33.8 Å². The van der Waals surface area contributed by atoms with Crippen LogP contribution in [0.4, 0.5) is 5.00 Å². The maximum absolute atomic E-state index is 12.3. The third kappa shape index (κ3) is 3.84. The summed E-state index contributed by atoms with van der Waals surface area (Å²) in [7, 11) is 0. The second kappa shape index (κ2) is 7.03. The van der Waals surface area contributed by atoms with Gasteiger partial charge < -0.3 is 10.1 Å². The van der Waals surface area contributed by atoms with Crippen LogP contribution in [0, 0.1) is 32.1 Å². The number of carbonyl (C=O) groups is 1. The van der Waals surface area contributed by atoms with Crippen molar-refractivity contribution in [3.63, 3.8) is 0 Å². The fraction of sp³-hybridized carbons (Fsp3) is 0.294. The van der Waals surface area contributed by atoms with Crippen molar-refractivity contribution in [3.05, 3.63) is 44.8 Å². The van der Waals surface area contributed by atoms with E-state index in [4.69, 9.17) is 16.3 Å². The fourth-order valence-electron chi connectivity index (χ4n) is 2.05.